The molecule has 1 heterocycles. The molecule has 0 saturated carbocycles. The normalized spacial score (nSPS) is 10.7. The number of carbonyl (C=O) groups excluding carboxylic acids is 1. The molecule has 4 rings (SSSR count). The molecule has 0 aliphatic carbocycles. The van der Waals surface area contributed by atoms with Crippen molar-refractivity contribution in [2.75, 3.05) is 0 Å². The fourth-order valence-corrected chi connectivity index (χ4v) is 3.67. The first-order valence-corrected chi connectivity index (χ1v) is 10.3. The molecular weight excluding hydrogens is 452 g/mol. The molecule has 0 radical (unpaired) electrons. The van der Waals surface area contributed by atoms with E-state index >= 15 is 0 Å². The Labute approximate surface area is 193 Å². The number of hydrogen-bond donors (Lipinski definition) is 0. The highest BCUT2D eigenvalue weighted by Crippen LogP contribution is 2.38. The molecule has 7 heteroatoms. The van der Waals surface area contributed by atoms with Crippen LogP contribution in [0.5, 0.6) is 5.75 Å². The van der Waals surface area contributed by atoms with Crippen LogP contribution in [0.15, 0.2) is 78.9 Å². The molecule has 0 fully saturated rings. The lowest BCUT2D eigenvalue weighted by Gasteiger charge is -2.16. The molecule has 0 saturated heterocycles. The summed E-state index contributed by atoms with van der Waals surface area (Å²) < 4.78 is 19.4. The van der Waals surface area contributed by atoms with Crippen LogP contribution in [0, 0.1) is 5.82 Å². The maximum Gasteiger partial charge on any atom is 0.127 e. The quantitative estimate of drug-likeness (QED) is 0.360. The molecule has 0 aliphatic heterocycles. The number of ether oxygens (including phenoxy) is 1. The number of hydrogen-bond acceptors (Lipinski definition) is 4. The number of carboxylic acids is 1. The van der Waals surface area contributed by atoms with Gasteiger partial charge in [-0.2, -0.15) is 0 Å². The number of pyridine rings is 1. The molecule has 32 heavy (non-hydrogen) atoms. The van der Waals surface area contributed by atoms with Crippen molar-refractivity contribution in [3.8, 4) is 28.1 Å². The molecule has 0 spiro atoms. The van der Waals surface area contributed by atoms with E-state index in [1.54, 1.807) is 36.4 Å². The number of carboxylic acid groups (broad SMARTS) is 1. The summed E-state index contributed by atoms with van der Waals surface area (Å²) in [6.45, 7) is 0.119. The number of halogens is 3. The summed E-state index contributed by atoms with van der Waals surface area (Å²) in [6, 6.07) is 21.4. The van der Waals surface area contributed by atoms with Crippen LogP contribution in [0.4, 0.5) is 4.39 Å². The average molecular weight is 467 g/mol. The van der Waals surface area contributed by atoms with E-state index in [-0.39, 0.29) is 17.3 Å². The molecule has 0 amide bonds. The Bertz CT molecular complexity index is 1310. The highest BCUT2D eigenvalue weighted by molar-refractivity contribution is 6.31. The third-order valence-corrected chi connectivity index (χ3v) is 5.38. The van der Waals surface area contributed by atoms with Gasteiger partial charge in [0.05, 0.1) is 22.4 Å². The van der Waals surface area contributed by atoms with Crippen molar-refractivity contribution < 1.29 is 19.0 Å². The molecule has 3 aromatic carbocycles. The minimum absolute atomic E-state index is 0.119. The molecule has 4 aromatic rings. The van der Waals surface area contributed by atoms with Gasteiger partial charge in [0.15, 0.2) is 0 Å². The number of aromatic nitrogens is 1. The van der Waals surface area contributed by atoms with Crippen LogP contribution < -0.4 is 9.84 Å². The second-order valence-corrected chi connectivity index (χ2v) is 7.75. The summed E-state index contributed by atoms with van der Waals surface area (Å²) in [4.78, 5) is 15.5. The molecule has 160 valence electrons. The summed E-state index contributed by atoms with van der Waals surface area (Å²) in [6.07, 6.45) is 0. The van der Waals surface area contributed by atoms with Gasteiger partial charge in [-0.25, -0.2) is 9.37 Å². The number of rotatable bonds is 6. The molecular formula is C25H15Cl2FNO3-. The van der Waals surface area contributed by atoms with Crippen LogP contribution >= 0.6 is 23.2 Å². The lowest BCUT2D eigenvalue weighted by molar-refractivity contribution is -0.255. The Morgan fingerprint density at radius 1 is 0.906 bits per heavy atom. The molecule has 0 aliphatic rings. The van der Waals surface area contributed by atoms with E-state index in [2.05, 4.69) is 4.98 Å². The first kappa shape index (κ1) is 21.8. The summed E-state index contributed by atoms with van der Waals surface area (Å²) >= 11 is 12.4. The lowest BCUT2D eigenvalue weighted by Crippen LogP contribution is -2.23. The van der Waals surface area contributed by atoms with Gasteiger partial charge in [-0.1, -0.05) is 59.6 Å². The van der Waals surface area contributed by atoms with Gasteiger partial charge in [0.1, 0.15) is 18.2 Å². The van der Waals surface area contributed by atoms with E-state index in [1.165, 1.54) is 18.2 Å². The maximum absolute atomic E-state index is 13.3. The van der Waals surface area contributed by atoms with E-state index < -0.39 is 11.8 Å². The van der Waals surface area contributed by atoms with Crippen molar-refractivity contribution >= 4 is 29.2 Å². The van der Waals surface area contributed by atoms with Gasteiger partial charge in [0, 0.05) is 21.7 Å². The first-order chi connectivity index (χ1) is 15.4. The highest BCUT2D eigenvalue weighted by Gasteiger charge is 2.15. The Morgan fingerprint density at radius 3 is 2.44 bits per heavy atom. The summed E-state index contributed by atoms with van der Waals surface area (Å²) in [5.41, 5.74) is 3.07. The standard InChI is InChI=1S/C25H16Cl2FNO3/c26-16-9-11-24(32-14-15-8-10-17(28)13-21(15)27)20(12-16)18-4-1-2-5-19(18)22-6-3-7-23(29-22)25(30)31/h1-13H,14H2,(H,30,31)/p-1. The molecule has 0 bridgehead atoms. The minimum atomic E-state index is -1.35. The Morgan fingerprint density at radius 2 is 1.69 bits per heavy atom. The van der Waals surface area contributed by atoms with Gasteiger partial charge in [0.25, 0.3) is 0 Å². The topological polar surface area (TPSA) is 62.2 Å². The van der Waals surface area contributed by atoms with Crippen molar-refractivity contribution in [1.29, 1.82) is 0 Å². The van der Waals surface area contributed by atoms with Crippen LogP contribution in [0.1, 0.15) is 16.1 Å². The van der Waals surface area contributed by atoms with E-state index in [4.69, 9.17) is 27.9 Å². The zero-order chi connectivity index (χ0) is 22.7. The number of carbonyl (C=O) groups is 1. The highest BCUT2D eigenvalue weighted by atomic mass is 35.5. The molecule has 4 nitrogen and oxygen atoms in total. The Balaban J connectivity index is 1.75. The van der Waals surface area contributed by atoms with E-state index in [0.29, 0.717) is 33.2 Å². The van der Waals surface area contributed by atoms with Gasteiger partial charge in [0.2, 0.25) is 0 Å². The summed E-state index contributed by atoms with van der Waals surface area (Å²) in [7, 11) is 0. The second kappa shape index (κ2) is 9.39. The van der Waals surface area contributed by atoms with E-state index in [0.717, 1.165) is 5.56 Å². The first-order valence-electron chi connectivity index (χ1n) is 9.57. The number of nitrogens with zero attached hydrogens (tertiary/aromatic N) is 1. The van der Waals surface area contributed by atoms with E-state index in [1.807, 2.05) is 24.3 Å². The summed E-state index contributed by atoms with van der Waals surface area (Å²) in [5, 5.41) is 12.0. The van der Waals surface area contributed by atoms with Crippen molar-refractivity contribution in [1.82, 2.24) is 4.98 Å². The van der Waals surface area contributed by atoms with Crippen molar-refractivity contribution in [3.63, 3.8) is 0 Å². The van der Waals surface area contributed by atoms with E-state index in [9.17, 15) is 14.3 Å². The summed E-state index contributed by atoms with van der Waals surface area (Å²) in [5.74, 6) is -1.25. The largest absolute Gasteiger partial charge is 0.543 e. The maximum atomic E-state index is 13.3. The molecule has 1 aromatic heterocycles. The Hall–Kier alpha value is -3.41. The van der Waals surface area contributed by atoms with Gasteiger partial charge >= 0.3 is 0 Å². The third-order valence-electron chi connectivity index (χ3n) is 4.79. The smallest absolute Gasteiger partial charge is 0.127 e. The van der Waals surface area contributed by atoms with Crippen LogP contribution in [0.25, 0.3) is 22.4 Å². The molecule has 0 unspecified atom stereocenters. The third kappa shape index (κ3) is 4.74. The van der Waals surface area contributed by atoms with Crippen molar-refractivity contribution in [2.45, 2.75) is 6.61 Å². The SMILES string of the molecule is O=C([O-])c1cccc(-c2ccccc2-c2cc(Cl)ccc2OCc2ccc(F)cc2Cl)n1. The van der Waals surface area contributed by atoms with Crippen LogP contribution in [-0.4, -0.2) is 11.0 Å². The molecule has 0 N–H and O–H groups in total. The number of benzene rings is 3. The Kier molecular flexibility index (Phi) is 6.40. The minimum Gasteiger partial charge on any atom is -0.543 e. The monoisotopic (exact) mass is 466 g/mol. The fraction of sp³-hybridized carbons (Fsp3) is 0.0400. The van der Waals surface area contributed by atoms with Gasteiger partial charge in [-0.05, 0) is 48.0 Å². The number of aromatic carboxylic acids is 1. The predicted octanol–water partition coefficient (Wildman–Crippen LogP) is 5.80. The van der Waals surface area contributed by atoms with Gasteiger partial charge < -0.3 is 14.6 Å². The van der Waals surface area contributed by atoms with Crippen LogP contribution in [0.2, 0.25) is 10.0 Å². The van der Waals surface area contributed by atoms with Crippen molar-refractivity contribution in [3.05, 3.63) is 106 Å². The fourth-order valence-electron chi connectivity index (χ4n) is 3.27. The zero-order valence-electron chi connectivity index (χ0n) is 16.5. The predicted molar refractivity (Wildman–Crippen MR) is 120 cm³/mol. The van der Waals surface area contributed by atoms with Gasteiger partial charge in [-0.3, -0.25) is 0 Å². The molecule has 0 atom stereocenters. The lowest BCUT2D eigenvalue weighted by atomic mass is 9.96. The second-order valence-electron chi connectivity index (χ2n) is 6.91. The average Bonchev–Trinajstić information content (AvgIpc) is 2.79. The van der Waals surface area contributed by atoms with Crippen molar-refractivity contribution in [2.24, 2.45) is 0 Å². The van der Waals surface area contributed by atoms with Crippen LogP contribution in [0.3, 0.4) is 0 Å². The zero-order valence-corrected chi connectivity index (χ0v) is 18.0. The van der Waals surface area contributed by atoms with Gasteiger partial charge in [-0.15, -0.1) is 0 Å². The van der Waals surface area contributed by atoms with Crippen LogP contribution in [-0.2, 0) is 6.61 Å².